The Bertz CT molecular complexity index is 685. The van der Waals surface area contributed by atoms with Gasteiger partial charge < -0.3 is 14.5 Å². The highest BCUT2D eigenvalue weighted by atomic mass is 16.6. The van der Waals surface area contributed by atoms with E-state index in [9.17, 15) is 24.5 Å². The fourth-order valence-corrected chi connectivity index (χ4v) is 1.78. The minimum absolute atomic E-state index is 0.00974. The van der Waals surface area contributed by atoms with E-state index in [-0.39, 0.29) is 18.7 Å². The predicted molar refractivity (Wildman–Crippen MR) is 79.2 cm³/mol. The first-order valence-corrected chi connectivity index (χ1v) is 6.84. The van der Waals surface area contributed by atoms with Gasteiger partial charge in [0.1, 0.15) is 11.2 Å². The maximum atomic E-state index is 11.8. The second kappa shape index (κ2) is 7.03. The molecular weight excluding hydrogens is 308 g/mol. The van der Waals surface area contributed by atoms with Crippen molar-refractivity contribution in [1.82, 2.24) is 4.98 Å². The van der Waals surface area contributed by atoms with Crippen LogP contribution in [0.4, 0.5) is 5.69 Å². The molecule has 9 nitrogen and oxygen atoms in total. The number of H-pyrrole nitrogens is 1. The maximum absolute atomic E-state index is 11.8. The third-order valence-corrected chi connectivity index (χ3v) is 2.50. The lowest BCUT2D eigenvalue weighted by atomic mass is 10.1. The molecule has 1 rings (SSSR count). The first-order chi connectivity index (χ1) is 10.5. The standard InChI is InChI=1S/C14H18N2O7/c1-5-22-13(19)9-6-8(7-10(17)23-14(2,3)4)15-12(18)11(9)16(20)21/h6H,5,7H2,1-4H3,(H,15,18). The highest BCUT2D eigenvalue weighted by Crippen LogP contribution is 2.16. The van der Waals surface area contributed by atoms with E-state index in [1.165, 1.54) is 6.92 Å². The van der Waals surface area contributed by atoms with Crippen molar-refractivity contribution in [2.24, 2.45) is 0 Å². The van der Waals surface area contributed by atoms with E-state index in [2.05, 4.69) is 4.98 Å². The molecule has 0 aromatic carbocycles. The van der Waals surface area contributed by atoms with Crippen molar-refractivity contribution in [3.63, 3.8) is 0 Å². The Morgan fingerprint density at radius 2 is 1.96 bits per heavy atom. The quantitative estimate of drug-likeness (QED) is 0.491. The second-order valence-corrected chi connectivity index (χ2v) is 5.63. The van der Waals surface area contributed by atoms with E-state index in [1.807, 2.05) is 0 Å². The monoisotopic (exact) mass is 326 g/mol. The van der Waals surface area contributed by atoms with E-state index in [0.717, 1.165) is 6.07 Å². The molecule has 0 spiro atoms. The number of carbonyl (C=O) groups is 2. The van der Waals surface area contributed by atoms with E-state index < -0.39 is 39.3 Å². The van der Waals surface area contributed by atoms with Gasteiger partial charge in [0.2, 0.25) is 0 Å². The average molecular weight is 326 g/mol. The van der Waals surface area contributed by atoms with E-state index >= 15 is 0 Å². The molecule has 0 aliphatic rings. The van der Waals surface area contributed by atoms with Gasteiger partial charge in [-0.2, -0.15) is 0 Å². The van der Waals surface area contributed by atoms with Crippen LogP contribution >= 0.6 is 0 Å². The van der Waals surface area contributed by atoms with Gasteiger partial charge in [-0.3, -0.25) is 19.7 Å². The van der Waals surface area contributed by atoms with Crippen molar-refractivity contribution in [2.75, 3.05) is 6.61 Å². The van der Waals surface area contributed by atoms with Crippen LogP contribution in [0.3, 0.4) is 0 Å². The molecule has 9 heteroatoms. The van der Waals surface area contributed by atoms with Crippen molar-refractivity contribution < 1.29 is 24.0 Å². The van der Waals surface area contributed by atoms with Gasteiger partial charge in [0, 0.05) is 5.69 Å². The normalized spacial score (nSPS) is 11.0. The molecule has 0 saturated heterocycles. The first-order valence-electron chi connectivity index (χ1n) is 6.84. The molecule has 0 aliphatic carbocycles. The molecule has 0 atom stereocenters. The fraction of sp³-hybridized carbons (Fsp3) is 0.500. The van der Waals surface area contributed by atoms with Crippen LogP contribution in [0.5, 0.6) is 0 Å². The molecule has 0 saturated carbocycles. The van der Waals surface area contributed by atoms with Gasteiger partial charge in [-0.25, -0.2) is 4.79 Å². The second-order valence-electron chi connectivity index (χ2n) is 5.63. The summed E-state index contributed by atoms with van der Waals surface area (Å²) in [4.78, 5) is 47.6. The first kappa shape index (κ1) is 18.3. The number of nitrogens with one attached hydrogen (secondary N) is 1. The minimum atomic E-state index is -1.08. The lowest BCUT2D eigenvalue weighted by Crippen LogP contribution is -2.26. The summed E-state index contributed by atoms with van der Waals surface area (Å²) in [5, 5.41) is 11.0. The van der Waals surface area contributed by atoms with Crippen LogP contribution in [0.15, 0.2) is 10.9 Å². The zero-order valence-corrected chi connectivity index (χ0v) is 13.3. The number of carbonyl (C=O) groups excluding carboxylic acids is 2. The molecule has 1 aromatic rings. The van der Waals surface area contributed by atoms with Crippen molar-refractivity contribution in [1.29, 1.82) is 0 Å². The molecule has 0 bridgehead atoms. The molecule has 0 unspecified atom stereocenters. The van der Waals surface area contributed by atoms with Crippen LogP contribution in [0, 0.1) is 10.1 Å². The van der Waals surface area contributed by atoms with Crippen molar-refractivity contribution >= 4 is 17.6 Å². The zero-order chi connectivity index (χ0) is 17.8. The Hall–Kier alpha value is -2.71. The summed E-state index contributed by atoms with van der Waals surface area (Å²) in [6.07, 6.45) is -0.336. The smallest absolute Gasteiger partial charge is 0.348 e. The SMILES string of the molecule is CCOC(=O)c1cc(CC(=O)OC(C)(C)C)[nH]c(=O)c1[N+](=O)[O-]. The lowest BCUT2D eigenvalue weighted by Gasteiger charge is -2.19. The Labute approximate surface area is 131 Å². The number of aromatic amines is 1. The summed E-state index contributed by atoms with van der Waals surface area (Å²) in [7, 11) is 0. The van der Waals surface area contributed by atoms with E-state index in [4.69, 9.17) is 9.47 Å². The van der Waals surface area contributed by atoms with Crippen LogP contribution in [-0.4, -0.2) is 34.1 Å². The Balaban J connectivity index is 3.22. The number of hydrogen-bond acceptors (Lipinski definition) is 7. The molecule has 0 amide bonds. The summed E-state index contributed by atoms with van der Waals surface area (Å²) >= 11 is 0. The molecule has 1 heterocycles. The number of esters is 2. The van der Waals surface area contributed by atoms with Gasteiger partial charge >= 0.3 is 23.2 Å². The zero-order valence-electron chi connectivity index (χ0n) is 13.3. The van der Waals surface area contributed by atoms with Gasteiger partial charge in [-0.1, -0.05) is 0 Å². The van der Waals surface area contributed by atoms with Crippen LogP contribution in [-0.2, 0) is 20.7 Å². The minimum Gasteiger partial charge on any atom is -0.462 e. The molecule has 1 N–H and O–H groups in total. The lowest BCUT2D eigenvalue weighted by molar-refractivity contribution is -0.386. The Kier molecular flexibility index (Phi) is 5.61. The fourth-order valence-electron chi connectivity index (χ4n) is 1.78. The van der Waals surface area contributed by atoms with Gasteiger partial charge in [0.05, 0.1) is 18.0 Å². The number of aromatic nitrogens is 1. The summed E-state index contributed by atoms with van der Waals surface area (Å²) < 4.78 is 9.80. The van der Waals surface area contributed by atoms with Gasteiger partial charge in [0.25, 0.3) is 0 Å². The average Bonchev–Trinajstić information content (AvgIpc) is 2.35. The van der Waals surface area contributed by atoms with Crippen LogP contribution < -0.4 is 5.56 Å². The number of pyridine rings is 1. The summed E-state index contributed by atoms with van der Waals surface area (Å²) in [5.41, 5.74) is -3.20. The topological polar surface area (TPSA) is 129 Å². The van der Waals surface area contributed by atoms with Crippen molar-refractivity contribution in [3.8, 4) is 0 Å². The van der Waals surface area contributed by atoms with Crippen LogP contribution in [0.25, 0.3) is 0 Å². The van der Waals surface area contributed by atoms with Crippen molar-refractivity contribution in [2.45, 2.75) is 39.7 Å². The summed E-state index contributed by atoms with van der Waals surface area (Å²) in [6.45, 7) is 6.54. The van der Waals surface area contributed by atoms with Gasteiger partial charge in [0.15, 0.2) is 0 Å². The maximum Gasteiger partial charge on any atom is 0.348 e. The summed E-state index contributed by atoms with van der Waals surface area (Å²) in [5.74, 6) is -1.65. The van der Waals surface area contributed by atoms with E-state index in [1.54, 1.807) is 20.8 Å². The molecule has 0 aliphatic heterocycles. The molecule has 0 radical (unpaired) electrons. The highest BCUT2D eigenvalue weighted by Gasteiger charge is 2.27. The van der Waals surface area contributed by atoms with Gasteiger partial charge in [-0.15, -0.1) is 0 Å². The van der Waals surface area contributed by atoms with E-state index in [0.29, 0.717) is 0 Å². The largest absolute Gasteiger partial charge is 0.462 e. The van der Waals surface area contributed by atoms with Crippen LogP contribution in [0.2, 0.25) is 0 Å². The molecule has 0 fully saturated rings. The third-order valence-electron chi connectivity index (χ3n) is 2.50. The number of nitro groups is 1. The summed E-state index contributed by atoms with van der Waals surface area (Å²) in [6, 6.07) is 1.06. The van der Waals surface area contributed by atoms with Crippen LogP contribution in [0.1, 0.15) is 43.7 Å². The number of rotatable bonds is 5. The van der Waals surface area contributed by atoms with Crippen molar-refractivity contribution in [3.05, 3.63) is 37.8 Å². The number of hydrogen-bond donors (Lipinski definition) is 1. The molecule has 126 valence electrons. The Morgan fingerprint density at radius 3 is 2.43 bits per heavy atom. The third kappa shape index (κ3) is 5.20. The predicted octanol–water partition coefficient (Wildman–Crippen LogP) is 1.34. The molecule has 23 heavy (non-hydrogen) atoms. The van der Waals surface area contributed by atoms with Gasteiger partial charge in [-0.05, 0) is 33.8 Å². The highest BCUT2D eigenvalue weighted by molar-refractivity contribution is 5.94. The molecular formula is C14H18N2O7. The molecule has 1 aromatic heterocycles. The Morgan fingerprint density at radius 1 is 1.35 bits per heavy atom. The number of ether oxygens (including phenoxy) is 2. The number of nitrogens with zero attached hydrogens (tertiary/aromatic N) is 1.